The number of hydrogen-bond acceptors (Lipinski definition) is 2. The molecule has 0 spiro atoms. The van der Waals surface area contributed by atoms with Crippen molar-refractivity contribution in [3.8, 4) is 0 Å². The Hall–Kier alpha value is -2.04. The summed E-state index contributed by atoms with van der Waals surface area (Å²) in [5.74, 6) is -0.217. The van der Waals surface area contributed by atoms with Crippen molar-refractivity contribution in [1.29, 1.82) is 0 Å². The molecule has 3 rings (SSSR count). The average molecular weight is 391 g/mol. The summed E-state index contributed by atoms with van der Waals surface area (Å²) in [6, 6.07) is 12.8. The minimum absolute atomic E-state index is 0.0984. The minimum atomic E-state index is -0.401. The number of nitrogens with one attached hydrogen (secondary N) is 1. The highest BCUT2D eigenvalue weighted by molar-refractivity contribution is 6.42. The quantitative estimate of drug-likeness (QED) is 0.788. The zero-order valence-corrected chi connectivity index (χ0v) is 16.1. The van der Waals surface area contributed by atoms with E-state index in [0.717, 1.165) is 5.69 Å². The van der Waals surface area contributed by atoms with Crippen LogP contribution in [0, 0.1) is 5.92 Å². The molecule has 0 radical (unpaired) electrons. The largest absolute Gasteiger partial charge is 0.326 e. The van der Waals surface area contributed by atoms with Gasteiger partial charge in [-0.1, -0.05) is 49.2 Å². The van der Waals surface area contributed by atoms with Crippen molar-refractivity contribution in [2.45, 2.75) is 26.2 Å². The van der Waals surface area contributed by atoms with Crippen LogP contribution in [0.5, 0.6) is 0 Å². The van der Waals surface area contributed by atoms with Gasteiger partial charge in [-0.15, -0.1) is 0 Å². The lowest BCUT2D eigenvalue weighted by atomic mass is 10.0. The first kappa shape index (κ1) is 18.7. The number of amides is 2. The van der Waals surface area contributed by atoms with E-state index in [4.69, 9.17) is 23.2 Å². The summed E-state index contributed by atoms with van der Waals surface area (Å²) in [6.07, 6.45) is 0.177. The molecule has 1 atom stereocenters. The van der Waals surface area contributed by atoms with Crippen LogP contribution in [0.25, 0.3) is 0 Å². The number of rotatable bonds is 4. The molecule has 1 aliphatic rings. The fourth-order valence-electron chi connectivity index (χ4n) is 2.98. The van der Waals surface area contributed by atoms with Crippen molar-refractivity contribution >= 4 is 46.4 Å². The van der Waals surface area contributed by atoms with E-state index >= 15 is 0 Å². The van der Waals surface area contributed by atoms with Crippen molar-refractivity contribution in [1.82, 2.24) is 0 Å². The molecule has 0 aromatic heterocycles. The Morgan fingerprint density at radius 2 is 1.81 bits per heavy atom. The minimum Gasteiger partial charge on any atom is -0.326 e. The van der Waals surface area contributed by atoms with Gasteiger partial charge < -0.3 is 10.2 Å². The summed E-state index contributed by atoms with van der Waals surface area (Å²) in [6.45, 7) is 4.57. The van der Waals surface area contributed by atoms with E-state index in [-0.39, 0.29) is 18.2 Å². The summed E-state index contributed by atoms with van der Waals surface area (Å²) in [4.78, 5) is 26.4. The molecule has 2 aromatic carbocycles. The molecule has 26 heavy (non-hydrogen) atoms. The highest BCUT2D eigenvalue weighted by Crippen LogP contribution is 2.31. The highest BCUT2D eigenvalue weighted by atomic mass is 35.5. The van der Waals surface area contributed by atoms with Gasteiger partial charge in [0.2, 0.25) is 11.8 Å². The van der Waals surface area contributed by atoms with Gasteiger partial charge in [-0.3, -0.25) is 9.59 Å². The Bertz CT molecular complexity index is 834. The summed E-state index contributed by atoms with van der Waals surface area (Å²) < 4.78 is 0. The standard InChI is InChI=1S/C20H20Cl2N2O2/c1-12(2)13-3-5-15(6-4-13)23-20(26)14-9-19(25)24(11-14)16-7-8-17(21)18(22)10-16/h3-8,10,12,14H,9,11H2,1-2H3,(H,23,26)/t14-/m0/s1. The van der Waals surface area contributed by atoms with Crippen LogP contribution in [-0.2, 0) is 9.59 Å². The summed E-state index contributed by atoms with van der Waals surface area (Å²) >= 11 is 12.0. The monoisotopic (exact) mass is 390 g/mol. The van der Waals surface area contributed by atoms with Crippen LogP contribution >= 0.6 is 23.2 Å². The molecule has 0 aliphatic carbocycles. The van der Waals surface area contributed by atoms with E-state index in [0.29, 0.717) is 28.2 Å². The molecule has 2 aromatic rings. The molecule has 4 nitrogen and oxygen atoms in total. The lowest BCUT2D eigenvalue weighted by Gasteiger charge is -2.17. The second-order valence-corrected chi connectivity index (χ2v) is 7.58. The van der Waals surface area contributed by atoms with E-state index in [9.17, 15) is 9.59 Å². The zero-order valence-electron chi connectivity index (χ0n) is 14.6. The lowest BCUT2D eigenvalue weighted by molar-refractivity contribution is -0.122. The predicted octanol–water partition coefficient (Wildman–Crippen LogP) is 5.11. The van der Waals surface area contributed by atoms with Gasteiger partial charge in [-0.25, -0.2) is 0 Å². The van der Waals surface area contributed by atoms with Gasteiger partial charge in [0.15, 0.2) is 0 Å². The van der Waals surface area contributed by atoms with E-state index in [1.54, 1.807) is 23.1 Å². The molecule has 0 unspecified atom stereocenters. The third-order valence-corrected chi connectivity index (χ3v) is 5.29. The van der Waals surface area contributed by atoms with Crippen LogP contribution < -0.4 is 10.2 Å². The van der Waals surface area contributed by atoms with Crippen molar-refractivity contribution in [3.05, 3.63) is 58.1 Å². The molecular weight excluding hydrogens is 371 g/mol. The van der Waals surface area contributed by atoms with Crippen molar-refractivity contribution in [2.24, 2.45) is 5.92 Å². The molecule has 1 heterocycles. The van der Waals surface area contributed by atoms with Gasteiger partial charge in [-0.2, -0.15) is 0 Å². The Balaban J connectivity index is 1.67. The summed E-state index contributed by atoms with van der Waals surface area (Å²) in [5.41, 5.74) is 2.60. The van der Waals surface area contributed by atoms with Crippen LogP contribution in [0.2, 0.25) is 10.0 Å². The lowest BCUT2D eigenvalue weighted by Crippen LogP contribution is -2.28. The molecule has 0 saturated carbocycles. The third kappa shape index (κ3) is 4.02. The predicted molar refractivity (Wildman–Crippen MR) is 106 cm³/mol. The van der Waals surface area contributed by atoms with Gasteiger partial charge in [0.1, 0.15) is 0 Å². The second-order valence-electron chi connectivity index (χ2n) is 6.77. The SMILES string of the molecule is CC(C)c1ccc(NC(=O)[C@H]2CC(=O)N(c3ccc(Cl)c(Cl)c3)C2)cc1. The molecule has 1 fully saturated rings. The Kier molecular flexibility index (Phi) is 5.54. The number of nitrogens with zero attached hydrogens (tertiary/aromatic N) is 1. The van der Waals surface area contributed by atoms with Crippen molar-refractivity contribution < 1.29 is 9.59 Å². The molecule has 1 aliphatic heterocycles. The third-order valence-electron chi connectivity index (χ3n) is 4.56. The fourth-order valence-corrected chi connectivity index (χ4v) is 3.27. The van der Waals surface area contributed by atoms with Gasteiger partial charge in [0.05, 0.1) is 16.0 Å². The maximum Gasteiger partial charge on any atom is 0.229 e. The van der Waals surface area contributed by atoms with Crippen molar-refractivity contribution in [2.75, 3.05) is 16.8 Å². The first-order valence-corrected chi connectivity index (χ1v) is 9.27. The van der Waals surface area contributed by atoms with Crippen LogP contribution in [0.3, 0.4) is 0 Å². The smallest absolute Gasteiger partial charge is 0.229 e. The Labute approximate surface area is 163 Å². The summed E-state index contributed by atoms with van der Waals surface area (Å²) in [5, 5.41) is 3.71. The van der Waals surface area contributed by atoms with E-state index in [1.165, 1.54) is 5.56 Å². The second kappa shape index (κ2) is 7.68. The van der Waals surface area contributed by atoms with Gasteiger partial charge in [0.25, 0.3) is 0 Å². The van der Waals surface area contributed by atoms with Crippen LogP contribution in [0.15, 0.2) is 42.5 Å². The van der Waals surface area contributed by atoms with Crippen molar-refractivity contribution in [3.63, 3.8) is 0 Å². The van der Waals surface area contributed by atoms with Gasteiger partial charge >= 0.3 is 0 Å². The Morgan fingerprint density at radius 3 is 2.42 bits per heavy atom. The molecule has 6 heteroatoms. The first-order chi connectivity index (χ1) is 12.3. The number of hydrogen-bond donors (Lipinski definition) is 1. The fraction of sp³-hybridized carbons (Fsp3) is 0.300. The van der Waals surface area contributed by atoms with Crippen LogP contribution in [-0.4, -0.2) is 18.4 Å². The number of halogens is 2. The zero-order chi connectivity index (χ0) is 18.8. The number of carbonyl (C=O) groups excluding carboxylic acids is 2. The molecule has 136 valence electrons. The molecular formula is C20H20Cl2N2O2. The van der Waals surface area contributed by atoms with E-state index in [2.05, 4.69) is 19.2 Å². The molecule has 0 bridgehead atoms. The van der Waals surface area contributed by atoms with Crippen LogP contribution in [0.4, 0.5) is 11.4 Å². The topological polar surface area (TPSA) is 49.4 Å². The van der Waals surface area contributed by atoms with Crippen LogP contribution in [0.1, 0.15) is 31.7 Å². The maximum absolute atomic E-state index is 12.5. The average Bonchev–Trinajstić information content (AvgIpc) is 3.00. The van der Waals surface area contributed by atoms with E-state index in [1.807, 2.05) is 24.3 Å². The molecule has 1 saturated heterocycles. The van der Waals surface area contributed by atoms with Gasteiger partial charge in [0, 0.05) is 24.3 Å². The van der Waals surface area contributed by atoms with E-state index < -0.39 is 5.92 Å². The number of anilines is 2. The number of benzene rings is 2. The first-order valence-electron chi connectivity index (χ1n) is 8.51. The van der Waals surface area contributed by atoms with Gasteiger partial charge in [-0.05, 0) is 41.8 Å². The molecule has 2 amide bonds. The summed E-state index contributed by atoms with van der Waals surface area (Å²) in [7, 11) is 0. The maximum atomic E-state index is 12.5. The Morgan fingerprint density at radius 1 is 1.12 bits per heavy atom. The molecule has 1 N–H and O–H groups in total. The highest BCUT2D eigenvalue weighted by Gasteiger charge is 2.35. The normalized spacial score (nSPS) is 17.0. The number of carbonyl (C=O) groups is 2.